The Morgan fingerprint density at radius 3 is 2.92 bits per heavy atom. The van der Waals surface area contributed by atoms with Crippen LogP contribution in [-0.2, 0) is 11.3 Å². The van der Waals surface area contributed by atoms with Gasteiger partial charge in [0.15, 0.2) is 5.06 Å². The van der Waals surface area contributed by atoms with Crippen LogP contribution >= 0.6 is 11.3 Å². The van der Waals surface area contributed by atoms with Gasteiger partial charge in [-0.3, -0.25) is 4.79 Å². The Balaban J connectivity index is 1.55. The molecule has 1 aliphatic rings. The Bertz CT molecular complexity index is 781. The van der Waals surface area contributed by atoms with Crippen LogP contribution in [-0.4, -0.2) is 11.7 Å². The van der Waals surface area contributed by atoms with E-state index in [9.17, 15) is 4.79 Å². The highest BCUT2D eigenvalue weighted by molar-refractivity contribution is 7.13. The van der Waals surface area contributed by atoms with Gasteiger partial charge in [-0.1, -0.05) is 23.8 Å². The largest absolute Gasteiger partial charge is 0.447 e. The first-order valence-corrected chi connectivity index (χ1v) is 8.51. The number of benzene rings is 1. The van der Waals surface area contributed by atoms with Gasteiger partial charge in [0.1, 0.15) is 11.6 Å². The third-order valence-corrected chi connectivity index (χ3v) is 4.63. The van der Waals surface area contributed by atoms with Crippen LogP contribution in [0.4, 0.5) is 0 Å². The van der Waals surface area contributed by atoms with Gasteiger partial charge < -0.3 is 15.8 Å². The van der Waals surface area contributed by atoms with Gasteiger partial charge in [0.25, 0.3) is 0 Å². The number of allylic oxidation sites excluding steroid dienone is 1. The quantitative estimate of drug-likeness (QED) is 0.874. The fourth-order valence-electron chi connectivity index (χ4n) is 2.39. The number of hydrogen-bond donors (Lipinski definition) is 2. The number of amides is 1. The zero-order valence-electron chi connectivity index (χ0n) is 13.4. The van der Waals surface area contributed by atoms with E-state index in [-0.39, 0.29) is 11.8 Å². The molecule has 5 nitrogen and oxygen atoms in total. The molecule has 6 heteroatoms. The molecule has 124 valence electrons. The minimum Gasteiger partial charge on any atom is -0.447 e. The molecule has 0 bridgehead atoms. The number of carbonyl (C=O) groups excluding carboxylic acids is 1. The second-order valence-corrected chi connectivity index (χ2v) is 6.77. The summed E-state index contributed by atoms with van der Waals surface area (Å²) in [7, 11) is 0. The zero-order valence-corrected chi connectivity index (χ0v) is 14.2. The Morgan fingerprint density at radius 2 is 2.12 bits per heavy atom. The third-order valence-electron chi connectivity index (χ3n) is 3.67. The Kier molecular flexibility index (Phi) is 4.96. The molecule has 3 N–H and O–H groups in total. The molecule has 1 atom stereocenters. The Morgan fingerprint density at radius 1 is 1.33 bits per heavy atom. The van der Waals surface area contributed by atoms with Gasteiger partial charge in [0.05, 0.1) is 12.5 Å². The fraction of sp³-hybridized carbons (Fsp3) is 0.222. The van der Waals surface area contributed by atoms with E-state index in [4.69, 9.17) is 10.5 Å². The molecule has 0 radical (unpaired) electrons. The number of nitrogens with zero attached hydrogens (tertiary/aromatic N) is 1. The van der Waals surface area contributed by atoms with Crippen molar-refractivity contribution in [2.75, 3.05) is 0 Å². The van der Waals surface area contributed by atoms with Crippen LogP contribution in [0.3, 0.4) is 0 Å². The number of ether oxygens (including phenoxy) is 1. The molecular weight excluding hydrogens is 322 g/mol. The van der Waals surface area contributed by atoms with Crippen molar-refractivity contribution >= 4 is 23.1 Å². The lowest BCUT2D eigenvalue weighted by atomic mass is 9.97. The summed E-state index contributed by atoms with van der Waals surface area (Å²) >= 11 is 1.51. The van der Waals surface area contributed by atoms with Crippen LogP contribution < -0.4 is 15.8 Å². The van der Waals surface area contributed by atoms with Crippen LogP contribution in [0.2, 0.25) is 0 Å². The average Bonchev–Trinajstić information content (AvgIpc) is 3.03. The summed E-state index contributed by atoms with van der Waals surface area (Å²) in [6.07, 6.45) is 2.33. The van der Waals surface area contributed by atoms with E-state index < -0.39 is 0 Å². The highest BCUT2D eigenvalue weighted by Crippen LogP contribution is 2.29. The fourth-order valence-corrected chi connectivity index (χ4v) is 3.20. The molecule has 2 aromatic rings. The van der Waals surface area contributed by atoms with Crippen LogP contribution in [0, 0.1) is 5.92 Å². The maximum atomic E-state index is 12.3. The molecule has 24 heavy (non-hydrogen) atoms. The van der Waals surface area contributed by atoms with Crippen molar-refractivity contribution in [1.82, 2.24) is 5.32 Å². The number of hydrogen-bond acceptors (Lipinski definition) is 5. The Labute approximate surface area is 144 Å². The normalized spacial score (nSPS) is 17.0. The van der Waals surface area contributed by atoms with Gasteiger partial charge >= 0.3 is 0 Å². The molecule has 1 aromatic heterocycles. The number of rotatable bonds is 5. The number of nitrogens with two attached hydrogens (primary N) is 1. The van der Waals surface area contributed by atoms with Crippen LogP contribution in [0.5, 0.6) is 10.8 Å². The van der Waals surface area contributed by atoms with Gasteiger partial charge in [-0.15, -0.1) is 11.3 Å². The maximum Gasteiger partial charge on any atom is 0.231 e. The standard InChI is InChI=1S/C18H19N3O2S/c1-12-9-15(17(19)20-10-12)18(22)21-11-14-7-8-16(24-14)23-13-5-3-2-4-6-13/h2-8,10,15H,9,11H2,1H3,(H2,19,20)(H,21,22). The summed E-state index contributed by atoms with van der Waals surface area (Å²) < 4.78 is 5.77. The van der Waals surface area contributed by atoms with E-state index >= 15 is 0 Å². The first kappa shape index (κ1) is 16.3. The first-order chi connectivity index (χ1) is 11.6. The van der Waals surface area contributed by atoms with Gasteiger partial charge in [-0.05, 0) is 37.6 Å². The highest BCUT2D eigenvalue weighted by Gasteiger charge is 2.24. The SMILES string of the molecule is CC1=CN=C(N)C(C(=O)NCc2ccc(Oc3ccccc3)s2)C1. The third kappa shape index (κ3) is 4.02. The molecular formula is C18H19N3O2S. The molecule has 0 fully saturated rings. The lowest BCUT2D eigenvalue weighted by Crippen LogP contribution is -2.39. The van der Waals surface area contributed by atoms with Crippen molar-refractivity contribution < 1.29 is 9.53 Å². The molecule has 0 spiro atoms. The van der Waals surface area contributed by atoms with Crippen LogP contribution in [0.1, 0.15) is 18.2 Å². The first-order valence-electron chi connectivity index (χ1n) is 7.70. The van der Waals surface area contributed by atoms with Crippen LogP contribution in [0.25, 0.3) is 0 Å². The summed E-state index contributed by atoms with van der Waals surface area (Å²) in [6, 6.07) is 13.5. The van der Waals surface area contributed by atoms with Gasteiger partial charge in [-0.25, -0.2) is 4.99 Å². The maximum absolute atomic E-state index is 12.3. The molecule has 1 amide bonds. The summed E-state index contributed by atoms with van der Waals surface area (Å²) in [5, 5.41) is 3.72. The smallest absolute Gasteiger partial charge is 0.231 e. The number of amidine groups is 1. The van der Waals surface area contributed by atoms with E-state index in [1.54, 1.807) is 6.20 Å². The lowest BCUT2D eigenvalue weighted by molar-refractivity contribution is -0.123. The monoisotopic (exact) mass is 341 g/mol. The lowest BCUT2D eigenvalue weighted by Gasteiger charge is -2.19. The number of nitrogens with one attached hydrogen (secondary N) is 1. The van der Waals surface area contributed by atoms with Gasteiger partial charge in [0, 0.05) is 11.1 Å². The predicted octanol–water partition coefficient (Wildman–Crippen LogP) is 3.44. The van der Waals surface area contributed by atoms with Gasteiger partial charge in [-0.2, -0.15) is 0 Å². The summed E-state index contributed by atoms with van der Waals surface area (Å²) in [6.45, 7) is 2.40. The van der Waals surface area contributed by atoms with Crippen LogP contribution in [0.15, 0.2) is 59.2 Å². The van der Waals surface area contributed by atoms with Crippen molar-refractivity contribution in [2.24, 2.45) is 16.6 Å². The van der Waals surface area contributed by atoms with E-state index in [0.29, 0.717) is 18.8 Å². The second kappa shape index (κ2) is 7.31. The summed E-state index contributed by atoms with van der Waals surface area (Å²) in [5.41, 5.74) is 6.88. The van der Waals surface area contributed by atoms with Gasteiger partial charge in [0.2, 0.25) is 5.91 Å². The molecule has 1 unspecified atom stereocenters. The average molecular weight is 341 g/mol. The van der Waals surface area contributed by atoms with E-state index in [1.807, 2.05) is 49.4 Å². The van der Waals surface area contributed by atoms with Crippen molar-refractivity contribution in [2.45, 2.75) is 19.9 Å². The van der Waals surface area contributed by atoms with Crippen molar-refractivity contribution in [1.29, 1.82) is 0 Å². The van der Waals surface area contributed by atoms with E-state index in [0.717, 1.165) is 21.3 Å². The van der Waals surface area contributed by atoms with E-state index in [2.05, 4.69) is 10.3 Å². The Hall–Kier alpha value is -2.60. The highest BCUT2D eigenvalue weighted by atomic mass is 32.1. The summed E-state index contributed by atoms with van der Waals surface area (Å²) in [4.78, 5) is 17.4. The molecule has 3 rings (SSSR count). The minimum atomic E-state index is -0.380. The number of carbonyl (C=O) groups is 1. The molecule has 1 aliphatic heterocycles. The number of aliphatic imine (C=N–C) groups is 1. The minimum absolute atomic E-state index is 0.0948. The number of para-hydroxylation sites is 1. The van der Waals surface area contributed by atoms with E-state index in [1.165, 1.54) is 11.3 Å². The number of thiophene rings is 1. The molecule has 2 heterocycles. The van der Waals surface area contributed by atoms with Crippen molar-refractivity contribution in [3.63, 3.8) is 0 Å². The predicted molar refractivity (Wildman–Crippen MR) is 96.2 cm³/mol. The molecule has 0 saturated carbocycles. The van der Waals surface area contributed by atoms with Crippen molar-refractivity contribution in [3.05, 3.63) is 59.1 Å². The molecule has 1 aromatic carbocycles. The van der Waals surface area contributed by atoms with Crippen molar-refractivity contribution in [3.8, 4) is 10.8 Å². The molecule has 0 aliphatic carbocycles. The summed E-state index contributed by atoms with van der Waals surface area (Å²) in [5.74, 6) is 0.693. The topological polar surface area (TPSA) is 76.7 Å². The zero-order chi connectivity index (χ0) is 16.9. The second-order valence-electron chi connectivity index (χ2n) is 5.64. The molecule has 0 saturated heterocycles.